The Balaban J connectivity index is 2.16. The van der Waals surface area contributed by atoms with Gasteiger partial charge in [0.15, 0.2) is 0 Å². The van der Waals surface area contributed by atoms with Crippen molar-refractivity contribution in [2.24, 2.45) is 5.92 Å². The van der Waals surface area contributed by atoms with Crippen LogP contribution in [-0.2, 0) is 0 Å². The minimum absolute atomic E-state index is 0.319. The minimum atomic E-state index is 0.319. The molecule has 1 rings (SSSR count). The summed E-state index contributed by atoms with van der Waals surface area (Å²) < 4.78 is 0. The normalized spacial score (nSPS) is 22.9. The topological polar surface area (TPSA) is 35.5 Å². The Bertz CT molecular complexity index is 135. The molecule has 0 amide bonds. The first kappa shape index (κ1) is 12.0. The third-order valence-corrected chi connectivity index (χ3v) is 3.00. The summed E-state index contributed by atoms with van der Waals surface area (Å²) in [7, 11) is 0. The lowest BCUT2D eigenvalue weighted by atomic mass is 9.99. The molecular formula is C11H24N2O. The van der Waals surface area contributed by atoms with Crippen molar-refractivity contribution in [3.05, 3.63) is 0 Å². The minimum Gasteiger partial charge on any atom is -0.396 e. The van der Waals surface area contributed by atoms with E-state index in [-0.39, 0.29) is 0 Å². The molecule has 0 spiro atoms. The quantitative estimate of drug-likeness (QED) is 0.662. The van der Waals surface area contributed by atoms with E-state index in [1.54, 1.807) is 0 Å². The van der Waals surface area contributed by atoms with Crippen molar-refractivity contribution < 1.29 is 5.11 Å². The zero-order valence-corrected chi connectivity index (χ0v) is 9.34. The summed E-state index contributed by atoms with van der Waals surface area (Å²) in [5.74, 6) is 0.822. The molecule has 1 atom stereocenters. The van der Waals surface area contributed by atoms with Crippen molar-refractivity contribution in [3.63, 3.8) is 0 Å². The third-order valence-electron chi connectivity index (χ3n) is 3.00. The summed E-state index contributed by atoms with van der Waals surface area (Å²) in [5.41, 5.74) is 0. The van der Waals surface area contributed by atoms with Crippen LogP contribution < -0.4 is 5.32 Å². The molecule has 1 saturated heterocycles. The number of hydrogen-bond donors (Lipinski definition) is 2. The molecule has 1 unspecified atom stereocenters. The van der Waals surface area contributed by atoms with Gasteiger partial charge in [-0.25, -0.2) is 0 Å². The first-order chi connectivity index (χ1) is 6.86. The van der Waals surface area contributed by atoms with Crippen LogP contribution >= 0.6 is 0 Å². The molecule has 0 aromatic heterocycles. The molecule has 0 aromatic rings. The summed E-state index contributed by atoms with van der Waals surface area (Å²) in [6, 6.07) is 0. The Morgan fingerprint density at radius 3 is 2.93 bits per heavy atom. The van der Waals surface area contributed by atoms with Crippen molar-refractivity contribution in [3.8, 4) is 0 Å². The van der Waals surface area contributed by atoms with Gasteiger partial charge in [0.2, 0.25) is 0 Å². The van der Waals surface area contributed by atoms with Gasteiger partial charge in [-0.3, -0.25) is 0 Å². The predicted molar refractivity (Wildman–Crippen MR) is 59.4 cm³/mol. The molecule has 3 nitrogen and oxygen atoms in total. The van der Waals surface area contributed by atoms with Gasteiger partial charge in [0.25, 0.3) is 0 Å². The molecule has 0 radical (unpaired) electrons. The van der Waals surface area contributed by atoms with Gasteiger partial charge in [0, 0.05) is 19.7 Å². The third kappa shape index (κ3) is 4.40. The molecule has 0 aliphatic carbocycles. The van der Waals surface area contributed by atoms with Crippen LogP contribution in [0.15, 0.2) is 0 Å². The Morgan fingerprint density at radius 1 is 1.50 bits per heavy atom. The van der Waals surface area contributed by atoms with E-state index in [0.29, 0.717) is 6.61 Å². The number of aliphatic hydroxyl groups is 1. The maximum Gasteiger partial charge on any atom is 0.0443 e. The molecule has 84 valence electrons. The van der Waals surface area contributed by atoms with Crippen molar-refractivity contribution in [1.29, 1.82) is 0 Å². The van der Waals surface area contributed by atoms with Crippen LogP contribution in [0.3, 0.4) is 0 Å². The fraction of sp³-hybridized carbons (Fsp3) is 1.00. The van der Waals surface area contributed by atoms with E-state index in [4.69, 9.17) is 5.11 Å². The molecule has 2 N–H and O–H groups in total. The standard InChI is InChI=1S/C11H24N2O/c1-2-13(7-4-8-14)10-11-5-3-6-12-9-11/h11-12,14H,2-10H2,1H3. The zero-order chi connectivity index (χ0) is 10.2. The van der Waals surface area contributed by atoms with Crippen LogP contribution in [-0.4, -0.2) is 49.3 Å². The van der Waals surface area contributed by atoms with E-state index in [0.717, 1.165) is 25.4 Å². The molecule has 1 fully saturated rings. The van der Waals surface area contributed by atoms with E-state index in [2.05, 4.69) is 17.1 Å². The lowest BCUT2D eigenvalue weighted by Crippen LogP contribution is -2.38. The number of nitrogens with one attached hydrogen (secondary N) is 1. The van der Waals surface area contributed by atoms with Crippen molar-refractivity contribution in [2.75, 3.05) is 39.3 Å². The van der Waals surface area contributed by atoms with Gasteiger partial charge < -0.3 is 15.3 Å². The second kappa shape index (κ2) is 7.21. The second-order valence-electron chi connectivity index (χ2n) is 4.18. The molecule has 0 bridgehead atoms. The number of hydrogen-bond acceptors (Lipinski definition) is 3. The van der Waals surface area contributed by atoms with Gasteiger partial charge in [-0.05, 0) is 44.8 Å². The number of nitrogens with zero attached hydrogens (tertiary/aromatic N) is 1. The molecule has 1 aliphatic heterocycles. The summed E-state index contributed by atoms with van der Waals surface area (Å²) in [6.07, 6.45) is 3.60. The van der Waals surface area contributed by atoms with E-state index in [1.165, 1.54) is 32.5 Å². The zero-order valence-electron chi connectivity index (χ0n) is 9.34. The van der Waals surface area contributed by atoms with Gasteiger partial charge in [0.1, 0.15) is 0 Å². The largest absolute Gasteiger partial charge is 0.396 e. The molecule has 0 saturated carbocycles. The SMILES string of the molecule is CCN(CCCO)CC1CCCNC1. The Kier molecular flexibility index (Phi) is 6.15. The van der Waals surface area contributed by atoms with E-state index in [1.807, 2.05) is 0 Å². The first-order valence-corrected chi connectivity index (χ1v) is 5.90. The Labute approximate surface area is 87.5 Å². The lowest BCUT2D eigenvalue weighted by molar-refractivity contribution is 0.193. The van der Waals surface area contributed by atoms with Crippen molar-refractivity contribution in [1.82, 2.24) is 10.2 Å². The Hall–Kier alpha value is -0.120. The number of aliphatic hydroxyl groups excluding tert-OH is 1. The molecular weight excluding hydrogens is 176 g/mol. The first-order valence-electron chi connectivity index (χ1n) is 5.90. The van der Waals surface area contributed by atoms with Crippen LogP contribution in [0.25, 0.3) is 0 Å². The molecule has 1 heterocycles. The van der Waals surface area contributed by atoms with Gasteiger partial charge in [0.05, 0.1) is 0 Å². The lowest BCUT2D eigenvalue weighted by Gasteiger charge is -2.29. The highest BCUT2D eigenvalue weighted by molar-refractivity contribution is 4.72. The summed E-state index contributed by atoms with van der Waals surface area (Å²) in [6.45, 7) is 8.24. The van der Waals surface area contributed by atoms with Crippen molar-refractivity contribution in [2.45, 2.75) is 26.2 Å². The van der Waals surface area contributed by atoms with E-state index in [9.17, 15) is 0 Å². The summed E-state index contributed by atoms with van der Waals surface area (Å²) >= 11 is 0. The predicted octanol–water partition coefficient (Wildman–Crippen LogP) is 0.690. The van der Waals surface area contributed by atoms with Crippen LogP contribution in [0.4, 0.5) is 0 Å². The maximum absolute atomic E-state index is 8.78. The van der Waals surface area contributed by atoms with Crippen LogP contribution in [0.5, 0.6) is 0 Å². The van der Waals surface area contributed by atoms with Gasteiger partial charge >= 0.3 is 0 Å². The average molecular weight is 200 g/mol. The van der Waals surface area contributed by atoms with Crippen molar-refractivity contribution >= 4 is 0 Å². The van der Waals surface area contributed by atoms with Gasteiger partial charge in [-0.1, -0.05) is 6.92 Å². The van der Waals surface area contributed by atoms with Crippen LogP contribution in [0.1, 0.15) is 26.2 Å². The van der Waals surface area contributed by atoms with E-state index >= 15 is 0 Å². The summed E-state index contributed by atoms with van der Waals surface area (Å²) in [5, 5.41) is 12.2. The van der Waals surface area contributed by atoms with E-state index < -0.39 is 0 Å². The fourth-order valence-corrected chi connectivity index (χ4v) is 2.12. The molecule has 14 heavy (non-hydrogen) atoms. The summed E-state index contributed by atoms with van der Waals surface area (Å²) in [4.78, 5) is 2.45. The second-order valence-corrected chi connectivity index (χ2v) is 4.18. The fourth-order valence-electron chi connectivity index (χ4n) is 2.12. The smallest absolute Gasteiger partial charge is 0.0443 e. The molecule has 0 aromatic carbocycles. The molecule has 1 aliphatic rings. The van der Waals surface area contributed by atoms with Gasteiger partial charge in [-0.2, -0.15) is 0 Å². The van der Waals surface area contributed by atoms with Crippen LogP contribution in [0.2, 0.25) is 0 Å². The number of piperidine rings is 1. The van der Waals surface area contributed by atoms with Crippen LogP contribution in [0, 0.1) is 5.92 Å². The average Bonchev–Trinajstić information content (AvgIpc) is 2.25. The highest BCUT2D eigenvalue weighted by Gasteiger charge is 2.15. The molecule has 3 heteroatoms. The Morgan fingerprint density at radius 2 is 2.36 bits per heavy atom. The maximum atomic E-state index is 8.78. The highest BCUT2D eigenvalue weighted by Crippen LogP contribution is 2.11. The van der Waals surface area contributed by atoms with Gasteiger partial charge in [-0.15, -0.1) is 0 Å². The highest BCUT2D eigenvalue weighted by atomic mass is 16.3. The number of rotatable bonds is 6. The monoisotopic (exact) mass is 200 g/mol.